The van der Waals surface area contributed by atoms with Crippen LogP contribution in [0, 0.1) is 0 Å². The monoisotopic (exact) mass is 443 g/mol. The Balaban J connectivity index is 1.47. The molecule has 1 aromatic heterocycles. The molecule has 10 nitrogen and oxygen atoms in total. The summed E-state index contributed by atoms with van der Waals surface area (Å²) < 4.78 is 38.2. The second-order valence-electron chi connectivity index (χ2n) is 6.99. The molecule has 1 N–H and O–H groups in total. The van der Waals surface area contributed by atoms with E-state index in [2.05, 4.69) is 20.6 Å². The molecule has 1 aliphatic heterocycles. The topological polar surface area (TPSA) is 127 Å². The van der Waals surface area contributed by atoms with Crippen molar-refractivity contribution in [2.75, 3.05) is 10.8 Å². The smallest absolute Gasteiger partial charge is 0.445 e. The van der Waals surface area contributed by atoms with Gasteiger partial charge in [0.25, 0.3) is 0 Å². The standard InChI is InChI=1S/C20H21N5O5S/c26-20(29-14-15-7-2-1-3-8-15)31(27,28)25-13-16(9-6-12-19-21-23-24-22-19)30-18-11-5-4-10-17(18)25/h1-5,7-8,10-11,16H,6,9,12-14H2,(H,21,22,23,24)/t16-/m0/s1. The fraction of sp³-hybridized carbons (Fsp3) is 0.300. The number of hydrogen-bond acceptors (Lipinski definition) is 8. The maximum atomic E-state index is 13.0. The van der Waals surface area contributed by atoms with Gasteiger partial charge in [-0.1, -0.05) is 47.7 Å². The number of ether oxygens (including phenoxy) is 2. The van der Waals surface area contributed by atoms with Gasteiger partial charge in [-0.3, -0.25) is 4.31 Å². The summed E-state index contributed by atoms with van der Waals surface area (Å²) in [7, 11) is -4.39. The predicted molar refractivity (Wildman–Crippen MR) is 111 cm³/mol. The van der Waals surface area contributed by atoms with Crippen molar-refractivity contribution in [3.8, 4) is 5.75 Å². The first kappa shape index (κ1) is 20.8. The number of aromatic amines is 1. The molecular weight excluding hydrogens is 422 g/mol. The zero-order valence-corrected chi connectivity index (χ0v) is 17.4. The summed E-state index contributed by atoms with van der Waals surface area (Å²) in [6.45, 7) is -0.120. The molecule has 4 rings (SSSR count). The van der Waals surface area contributed by atoms with Gasteiger partial charge in [-0.05, 0) is 30.5 Å². The van der Waals surface area contributed by atoms with E-state index in [1.807, 2.05) is 6.07 Å². The quantitative estimate of drug-likeness (QED) is 0.552. The van der Waals surface area contributed by atoms with Crippen LogP contribution < -0.4 is 9.04 Å². The average Bonchev–Trinajstić information content (AvgIpc) is 3.31. The van der Waals surface area contributed by atoms with Crippen molar-refractivity contribution in [1.29, 1.82) is 0 Å². The Labute approximate surface area is 179 Å². The van der Waals surface area contributed by atoms with Crippen LogP contribution in [0.15, 0.2) is 54.6 Å². The third-order valence-corrected chi connectivity index (χ3v) is 6.28. The predicted octanol–water partition coefficient (Wildman–Crippen LogP) is 2.46. The van der Waals surface area contributed by atoms with Crippen LogP contribution in [-0.4, -0.2) is 47.0 Å². The first-order chi connectivity index (χ1) is 15.0. The van der Waals surface area contributed by atoms with Gasteiger partial charge in [0.05, 0.1) is 12.2 Å². The molecule has 0 saturated heterocycles. The van der Waals surface area contributed by atoms with E-state index in [4.69, 9.17) is 9.47 Å². The van der Waals surface area contributed by atoms with Crippen molar-refractivity contribution in [2.45, 2.75) is 32.0 Å². The minimum atomic E-state index is -4.39. The van der Waals surface area contributed by atoms with E-state index in [1.165, 1.54) is 0 Å². The molecule has 2 heterocycles. The Bertz CT molecular complexity index is 1120. The molecule has 3 aromatic rings. The largest absolute Gasteiger partial charge is 0.486 e. The van der Waals surface area contributed by atoms with E-state index in [0.717, 1.165) is 4.31 Å². The number of nitrogens with zero attached hydrogens (tertiary/aromatic N) is 4. The fourth-order valence-electron chi connectivity index (χ4n) is 3.30. The van der Waals surface area contributed by atoms with Gasteiger partial charge in [-0.25, -0.2) is 4.79 Å². The van der Waals surface area contributed by atoms with E-state index < -0.39 is 21.4 Å². The maximum absolute atomic E-state index is 13.0. The summed E-state index contributed by atoms with van der Waals surface area (Å²) in [5.41, 5.74) is 1.02. The number of carbonyl (C=O) groups excluding carboxylic acids is 1. The molecule has 0 aliphatic carbocycles. The molecule has 1 aliphatic rings. The second kappa shape index (κ2) is 9.13. The molecule has 0 saturated carbocycles. The van der Waals surface area contributed by atoms with Gasteiger partial charge < -0.3 is 9.47 Å². The van der Waals surface area contributed by atoms with Crippen LogP contribution in [0.4, 0.5) is 10.5 Å². The van der Waals surface area contributed by atoms with Crippen LogP contribution in [0.1, 0.15) is 24.2 Å². The minimum Gasteiger partial charge on any atom is -0.486 e. The molecule has 162 valence electrons. The molecule has 0 bridgehead atoms. The maximum Gasteiger partial charge on any atom is 0.445 e. The number of nitrogens with one attached hydrogen (secondary N) is 1. The lowest BCUT2D eigenvalue weighted by Crippen LogP contribution is -2.46. The van der Waals surface area contributed by atoms with Gasteiger partial charge in [-0.15, -0.1) is 10.2 Å². The van der Waals surface area contributed by atoms with Crippen LogP contribution in [0.3, 0.4) is 0 Å². The number of para-hydroxylation sites is 2. The molecule has 0 spiro atoms. The lowest BCUT2D eigenvalue weighted by Gasteiger charge is -2.34. The SMILES string of the molecule is O=C(OCc1ccccc1)S(=O)(=O)N1C[C@H](CCCc2nn[nH]n2)Oc2ccccc21. The van der Waals surface area contributed by atoms with E-state index >= 15 is 0 Å². The van der Waals surface area contributed by atoms with Crippen molar-refractivity contribution < 1.29 is 22.7 Å². The van der Waals surface area contributed by atoms with E-state index in [1.54, 1.807) is 48.5 Å². The number of anilines is 1. The lowest BCUT2D eigenvalue weighted by molar-refractivity contribution is 0.164. The summed E-state index contributed by atoms with van der Waals surface area (Å²) in [6.07, 6.45) is 1.36. The highest BCUT2D eigenvalue weighted by molar-refractivity contribution is 8.06. The number of fused-ring (bicyclic) bond motifs is 1. The lowest BCUT2D eigenvalue weighted by atomic mass is 10.1. The highest BCUT2D eigenvalue weighted by Crippen LogP contribution is 2.36. The fourth-order valence-corrected chi connectivity index (χ4v) is 4.46. The van der Waals surface area contributed by atoms with Crippen molar-refractivity contribution in [2.24, 2.45) is 0 Å². The van der Waals surface area contributed by atoms with Crippen LogP contribution >= 0.6 is 0 Å². The molecule has 0 amide bonds. The molecule has 11 heteroatoms. The van der Waals surface area contributed by atoms with Gasteiger partial charge in [0.15, 0.2) is 5.82 Å². The Hall–Kier alpha value is -3.47. The van der Waals surface area contributed by atoms with Gasteiger partial charge in [0.2, 0.25) is 0 Å². The van der Waals surface area contributed by atoms with Crippen LogP contribution in [-0.2, 0) is 27.8 Å². The summed E-state index contributed by atoms with van der Waals surface area (Å²) in [6, 6.07) is 15.6. The summed E-state index contributed by atoms with van der Waals surface area (Å²) in [5.74, 6) is 0.975. The first-order valence-electron chi connectivity index (χ1n) is 9.75. The Morgan fingerprint density at radius 1 is 1.16 bits per heavy atom. The normalized spacial score (nSPS) is 15.7. The number of aryl methyl sites for hydroxylation is 1. The third kappa shape index (κ3) is 4.82. The summed E-state index contributed by atoms with van der Waals surface area (Å²) in [4.78, 5) is 12.5. The Morgan fingerprint density at radius 2 is 1.94 bits per heavy atom. The Kier molecular flexibility index (Phi) is 6.12. The minimum absolute atomic E-state index is 0.00598. The van der Waals surface area contributed by atoms with Gasteiger partial charge in [-0.2, -0.15) is 13.6 Å². The zero-order chi connectivity index (χ0) is 21.7. The summed E-state index contributed by atoms with van der Waals surface area (Å²) in [5, 5.41) is 12.4. The van der Waals surface area contributed by atoms with Crippen molar-refractivity contribution in [3.05, 3.63) is 66.0 Å². The Morgan fingerprint density at radius 3 is 2.71 bits per heavy atom. The average molecular weight is 443 g/mol. The van der Waals surface area contributed by atoms with Crippen molar-refractivity contribution >= 4 is 21.0 Å². The number of H-pyrrole nitrogens is 1. The molecule has 31 heavy (non-hydrogen) atoms. The number of aromatic nitrogens is 4. The van der Waals surface area contributed by atoms with Gasteiger partial charge in [0.1, 0.15) is 18.5 Å². The van der Waals surface area contributed by atoms with Crippen LogP contribution in [0.25, 0.3) is 0 Å². The molecule has 2 aromatic carbocycles. The molecule has 0 fully saturated rings. The van der Waals surface area contributed by atoms with Crippen molar-refractivity contribution in [3.63, 3.8) is 0 Å². The number of rotatable bonds is 7. The van der Waals surface area contributed by atoms with E-state index in [9.17, 15) is 13.2 Å². The zero-order valence-electron chi connectivity index (χ0n) is 16.5. The molecule has 1 atom stereocenters. The third-order valence-electron chi connectivity index (χ3n) is 4.81. The number of carbonyl (C=O) groups is 1. The number of benzene rings is 2. The van der Waals surface area contributed by atoms with Gasteiger partial charge >= 0.3 is 15.3 Å². The van der Waals surface area contributed by atoms with Gasteiger partial charge in [0, 0.05) is 6.42 Å². The molecular formula is C20H21N5O5S. The second-order valence-corrected chi connectivity index (χ2v) is 8.71. The highest BCUT2D eigenvalue weighted by Gasteiger charge is 2.38. The van der Waals surface area contributed by atoms with E-state index in [0.29, 0.717) is 42.1 Å². The summed E-state index contributed by atoms with van der Waals surface area (Å²) >= 11 is 0. The molecule has 0 unspecified atom stereocenters. The molecule has 0 radical (unpaired) electrons. The van der Waals surface area contributed by atoms with Crippen molar-refractivity contribution in [1.82, 2.24) is 20.6 Å². The van der Waals surface area contributed by atoms with E-state index in [-0.39, 0.29) is 13.2 Å². The number of sulfonamides is 1. The first-order valence-corrected chi connectivity index (χ1v) is 11.2. The van der Waals surface area contributed by atoms with Crippen LogP contribution in [0.2, 0.25) is 0 Å². The number of tetrazole rings is 1. The van der Waals surface area contributed by atoms with Crippen LogP contribution in [0.5, 0.6) is 5.75 Å². The highest BCUT2D eigenvalue weighted by atomic mass is 32.2. The number of hydrogen-bond donors (Lipinski definition) is 1.